The second-order valence-electron chi connectivity index (χ2n) is 4.39. The molecular weight excluding hydrogens is 289 g/mol. The van der Waals surface area contributed by atoms with E-state index in [0.29, 0.717) is 10.6 Å². The molecule has 1 aliphatic carbocycles. The zero-order valence-corrected chi connectivity index (χ0v) is 11.6. The van der Waals surface area contributed by atoms with Gasteiger partial charge in [-0.05, 0) is 37.8 Å². The summed E-state index contributed by atoms with van der Waals surface area (Å²) in [6.07, 6.45) is 4.03. The van der Waals surface area contributed by atoms with Crippen molar-refractivity contribution in [1.29, 1.82) is 0 Å². The second-order valence-corrected chi connectivity index (χ2v) is 5.20. The highest BCUT2D eigenvalue weighted by atomic mass is 35.5. The van der Waals surface area contributed by atoms with Gasteiger partial charge in [0.1, 0.15) is 6.10 Å². The molecular formula is C13H13Cl2NO3. The number of aliphatic carboxylic acids is 1. The van der Waals surface area contributed by atoms with E-state index in [4.69, 9.17) is 28.0 Å². The largest absolute Gasteiger partial charge is 0.476 e. The summed E-state index contributed by atoms with van der Waals surface area (Å²) in [4.78, 5) is 16.5. The molecule has 1 aromatic carbocycles. The van der Waals surface area contributed by atoms with Gasteiger partial charge in [-0.15, -0.1) is 0 Å². The lowest BCUT2D eigenvalue weighted by atomic mass is 10.1. The summed E-state index contributed by atoms with van der Waals surface area (Å²) >= 11 is 11.7. The molecule has 0 unspecified atom stereocenters. The Bertz CT molecular complexity index is 511. The molecule has 1 aromatic rings. The molecule has 1 fully saturated rings. The highest BCUT2D eigenvalue weighted by Crippen LogP contribution is 2.24. The molecule has 0 aromatic heterocycles. The van der Waals surface area contributed by atoms with E-state index in [0.717, 1.165) is 25.7 Å². The van der Waals surface area contributed by atoms with Gasteiger partial charge in [-0.3, -0.25) is 0 Å². The minimum absolute atomic E-state index is 0.0112. The van der Waals surface area contributed by atoms with E-state index < -0.39 is 5.97 Å². The fourth-order valence-electron chi connectivity index (χ4n) is 1.98. The quantitative estimate of drug-likeness (QED) is 0.681. The van der Waals surface area contributed by atoms with E-state index in [1.165, 1.54) is 12.1 Å². The molecule has 4 nitrogen and oxygen atoms in total. The number of rotatable bonds is 4. The van der Waals surface area contributed by atoms with E-state index in [1.54, 1.807) is 6.07 Å². The molecule has 1 aliphatic rings. The molecule has 0 bridgehead atoms. The first-order valence-electron chi connectivity index (χ1n) is 6.00. The van der Waals surface area contributed by atoms with Crippen molar-refractivity contribution in [2.75, 3.05) is 0 Å². The van der Waals surface area contributed by atoms with Crippen LogP contribution in [0.1, 0.15) is 31.2 Å². The number of carboxylic acids is 1. The first-order valence-corrected chi connectivity index (χ1v) is 6.76. The normalized spacial score (nSPS) is 16.6. The fraction of sp³-hybridized carbons (Fsp3) is 0.385. The van der Waals surface area contributed by atoms with Crippen molar-refractivity contribution in [3.05, 3.63) is 33.8 Å². The maximum atomic E-state index is 11.2. The molecule has 0 heterocycles. The Balaban J connectivity index is 2.20. The van der Waals surface area contributed by atoms with Crippen LogP contribution in [0, 0.1) is 0 Å². The van der Waals surface area contributed by atoms with E-state index >= 15 is 0 Å². The van der Waals surface area contributed by atoms with Crippen molar-refractivity contribution < 1.29 is 14.7 Å². The topological polar surface area (TPSA) is 58.9 Å². The third-order valence-corrected chi connectivity index (χ3v) is 3.73. The molecule has 1 saturated carbocycles. The number of benzene rings is 1. The van der Waals surface area contributed by atoms with Gasteiger partial charge in [-0.2, -0.15) is 0 Å². The smallest absolute Gasteiger partial charge is 0.358 e. The van der Waals surface area contributed by atoms with Gasteiger partial charge < -0.3 is 9.94 Å². The van der Waals surface area contributed by atoms with E-state index in [1.807, 2.05) is 0 Å². The molecule has 2 rings (SSSR count). The highest BCUT2D eigenvalue weighted by molar-refractivity contribution is 6.45. The summed E-state index contributed by atoms with van der Waals surface area (Å²) in [5.41, 5.74) is 0.213. The number of halogens is 2. The minimum Gasteiger partial charge on any atom is -0.476 e. The number of hydrogen-bond acceptors (Lipinski definition) is 3. The summed E-state index contributed by atoms with van der Waals surface area (Å²) in [7, 11) is 0. The van der Waals surface area contributed by atoms with Crippen molar-refractivity contribution in [1.82, 2.24) is 0 Å². The molecule has 0 amide bonds. The van der Waals surface area contributed by atoms with Crippen molar-refractivity contribution in [2.24, 2.45) is 5.16 Å². The zero-order valence-electron chi connectivity index (χ0n) is 10.1. The van der Waals surface area contributed by atoms with Crippen LogP contribution in [0.3, 0.4) is 0 Å². The van der Waals surface area contributed by atoms with Gasteiger partial charge in [0.15, 0.2) is 5.71 Å². The van der Waals surface area contributed by atoms with Gasteiger partial charge in [0.25, 0.3) is 0 Å². The average Bonchev–Trinajstić information content (AvgIpc) is 2.86. The van der Waals surface area contributed by atoms with Crippen LogP contribution in [-0.4, -0.2) is 22.9 Å². The Morgan fingerprint density at radius 1 is 1.26 bits per heavy atom. The van der Waals surface area contributed by atoms with Crippen LogP contribution in [0.25, 0.3) is 0 Å². The summed E-state index contributed by atoms with van der Waals surface area (Å²) in [6.45, 7) is 0. The zero-order chi connectivity index (χ0) is 13.8. The van der Waals surface area contributed by atoms with Crippen LogP contribution < -0.4 is 0 Å². The predicted octanol–water partition coefficient (Wildman–Crippen LogP) is 3.74. The SMILES string of the molecule is O=C(O)/C(=N\OC1CCCC1)c1ccc(Cl)c(Cl)c1. The maximum Gasteiger partial charge on any atom is 0.358 e. The Kier molecular flexibility index (Phi) is 4.66. The predicted molar refractivity (Wildman–Crippen MR) is 74.0 cm³/mol. The van der Waals surface area contributed by atoms with Crippen LogP contribution in [0.4, 0.5) is 0 Å². The van der Waals surface area contributed by atoms with Crippen LogP contribution in [0.15, 0.2) is 23.4 Å². The third-order valence-electron chi connectivity index (χ3n) is 2.99. The van der Waals surface area contributed by atoms with Gasteiger partial charge in [0.05, 0.1) is 10.0 Å². The van der Waals surface area contributed by atoms with E-state index in [-0.39, 0.29) is 16.8 Å². The van der Waals surface area contributed by atoms with Gasteiger partial charge in [-0.25, -0.2) is 4.79 Å². The monoisotopic (exact) mass is 301 g/mol. The lowest BCUT2D eigenvalue weighted by molar-refractivity contribution is -0.129. The Hall–Kier alpha value is -1.26. The molecule has 0 saturated heterocycles. The van der Waals surface area contributed by atoms with E-state index in [9.17, 15) is 9.90 Å². The number of nitrogens with zero attached hydrogens (tertiary/aromatic N) is 1. The summed E-state index contributed by atoms with van der Waals surface area (Å²) in [6, 6.07) is 4.56. The van der Waals surface area contributed by atoms with Crippen LogP contribution in [0.5, 0.6) is 0 Å². The average molecular weight is 302 g/mol. The second kappa shape index (κ2) is 6.26. The standard InChI is InChI=1S/C13H13Cl2NO3/c14-10-6-5-8(7-11(10)15)12(13(17)18)16-19-9-3-1-2-4-9/h5-7,9H,1-4H2,(H,17,18)/b16-12-. The Morgan fingerprint density at radius 2 is 1.95 bits per heavy atom. The van der Waals surface area contributed by atoms with Gasteiger partial charge in [-0.1, -0.05) is 34.4 Å². The number of hydrogen-bond donors (Lipinski definition) is 1. The first kappa shape index (κ1) is 14.2. The molecule has 0 atom stereocenters. The highest BCUT2D eigenvalue weighted by Gasteiger charge is 2.19. The molecule has 6 heteroatoms. The lowest BCUT2D eigenvalue weighted by Crippen LogP contribution is -2.16. The van der Waals surface area contributed by atoms with Crippen LogP contribution in [0.2, 0.25) is 10.0 Å². The molecule has 0 spiro atoms. The first-order chi connectivity index (χ1) is 9.08. The molecule has 19 heavy (non-hydrogen) atoms. The molecule has 1 N–H and O–H groups in total. The third kappa shape index (κ3) is 3.61. The van der Waals surface area contributed by atoms with Gasteiger partial charge >= 0.3 is 5.97 Å². The number of carboxylic acid groups (broad SMARTS) is 1. The lowest BCUT2D eigenvalue weighted by Gasteiger charge is -2.08. The minimum atomic E-state index is -1.16. The van der Waals surface area contributed by atoms with Crippen molar-refractivity contribution >= 4 is 34.9 Å². The number of oxime groups is 1. The maximum absolute atomic E-state index is 11.2. The van der Waals surface area contributed by atoms with Crippen molar-refractivity contribution in [3.8, 4) is 0 Å². The van der Waals surface area contributed by atoms with Gasteiger partial charge in [0.2, 0.25) is 0 Å². The number of carbonyl (C=O) groups is 1. The molecule has 102 valence electrons. The summed E-state index contributed by atoms with van der Waals surface area (Å²) < 4.78 is 0. The van der Waals surface area contributed by atoms with Crippen molar-refractivity contribution in [3.63, 3.8) is 0 Å². The molecule has 0 radical (unpaired) electrons. The summed E-state index contributed by atoms with van der Waals surface area (Å²) in [5, 5.41) is 13.6. The van der Waals surface area contributed by atoms with Gasteiger partial charge in [0, 0.05) is 5.56 Å². The van der Waals surface area contributed by atoms with E-state index in [2.05, 4.69) is 5.16 Å². The van der Waals surface area contributed by atoms with Crippen LogP contribution >= 0.6 is 23.2 Å². The Morgan fingerprint density at radius 3 is 2.53 bits per heavy atom. The van der Waals surface area contributed by atoms with Crippen LogP contribution in [-0.2, 0) is 9.63 Å². The van der Waals surface area contributed by atoms with Crippen molar-refractivity contribution in [2.45, 2.75) is 31.8 Å². The Labute approximate surface area is 121 Å². The fourth-order valence-corrected chi connectivity index (χ4v) is 2.28. The summed E-state index contributed by atoms with van der Waals surface area (Å²) in [5.74, 6) is -1.16. The molecule has 0 aliphatic heterocycles.